The van der Waals surface area contributed by atoms with Crippen LogP contribution in [0.5, 0.6) is 5.75 Å². The first-order valence-electron chi connectivity index (χ1n) is 5.58. The minimum absolute atomic E-state index is 0.119. The van der Waals surface area contributed by atoms with Crippen LogP contribution in [0.1, 0.15) is 12.5 Å². The van der Waals surface area contributed by atoms with Gasteiger partial charge in [0.15, 0.2) is 4.32 Å². The molecule has 1 amide bonds. The maximum atomic E-state index is 11.5. The Balaban J connectivity index is 2.24. The van der Waals surface area contributed by atoms with Crippen molar-refractivity contribution in [3.63, 3.8) is 0 Å². The fourth-order valence-corrected chi connectivity index (χ4v) is 2.63. The Morgan fingerprint density at radius 2 is 2.42 bits per heavy atom. The Morgan fingerprint density at radius 1 is 1.63 bits per heavy atom. The van der Waals surface area contributed by atoms with Gasteiger partial charge in [0.1, 0.15) is 5.75 Å². The maximum Gasteiger partial charge on any atom is 0.259 e. The molecule has 0 unspecified atom stereocenters. The molecular weight excluding hydrogens is 304 g/mol. The minimum atomic E-state index is -0.119. The van der Waals surface area contributed by atoms with E-state index in [0.717, 1.165) is 0 Å². The van der Waals surface area contributed by atoms with Crippen LogP contribution in [-0.4, -0.2) is 33.8 Å². The third-order valence-electron chi connectivity index (χ3n) is 2.31. The van der Waals surface area contributed by atoms with Crippen molar-refractivity contribution < 1.29 is 9.53 Å². The van der Waals surface area contributed by atoms with Gasteiger partial charge in [-0.25, -0.2) is 0 Å². The normalized spacial score (nSPS) is 15.6. The van der Waals surface area contributed by atoms with Crippen LogP contribution < -0.4 is 4.74 Å². The van der Waals surface area contributed by atoms with E-state index in [9.17, 15) is 4.79 Å². The summed E-state index contributed by atoms with van der Waals surface area (Å²) in [6.07, 6.45) is 1.53. The van der Waals surface area contributed by atoms with Gasteiger partial charge < -0.3 is 4.74 Å². The third-order valence-corrected chi connectivity index (χ3v) is 3.89. The van der Waals surface area contributed by atoms with Crippen molar-refractivity contribution in [1.29, 1.82) is 0 Å². The van der Waals surface area contributed by atoms with Crippen molar-refractivity contribution in [3.05, 3.63) is 28.8 Å². The molecule has 4 nitrogen and oxygen atoms in total. The molecule has 1 aliphatic rings. The number of carbonyl (C=O) groups excluding carboxylic acids is 1. The number of hydrazone groups is 1. The van der Waals surface area contributed by atoms with E-state index in [-0.39, 0.29) is 5.91 Å². The molecule has 0 saturated carbocycles. The number of hydrogen-bond donors (Lipinski definition) is 0. The Hall–Kier alpha value is -1.11. The number of thioether (sulfide) groups is 1. The van der Waals surface area contributed by atoms with E-state index in [1.54, 1.807) is 18.2 Å². The molecule has 0 aliphatic carbocycles. The van der Waals surface area contributed by atoms with Gasteiger partial charge in [-0.05, 0) is 25.1 Å². The zero-order valence-corrected chi connectivity index (χ0v) is 12.5. The second-order valence-electron chi connectivity index (χ2n) is 3.62. The van der Waals surface area contributed by atoms with Crippen LogP contribution in [0.25, 0.3) is 0 Å². The van der Waals surface area contributed by atoms with E-state index in [1.165, 1.54) is 23.0 Å². The number of hydrogen-bond acceptors (Lipinski definition) is 5. The highest BCUT2D eigenvalue weighted by Gasteiger charge is 2.26. The minimum Gasteiger partial charge on any atom is -0.493 e. The van der Waals surface area contributed by atoms with Gasteiger partial charge in [0.25, 0.3) is 5.91 Å². The lowest BCUT2D eigenvalue weighted by molar-refractivity contribution is -0.123. The van der Waals surface area contributed by atoms with E-state index in [1.807, 2.05) is 6.92 Å². The van der Waals surface area contributed by atoms with Gasteiger partial charge in [-0.1, -0.05) is 35.6 Å². The molecule has 1 aliphatic heterocycles. The first kappa shape index (κ1) is 14.3. The number of amides is 1. The summed E-state index contributed by atoms with van der Waals surface area (Å²) in [7, 11) is 0. The molecule has 0 aromatic heterocycles. The van der Waals surface area contributed by atoms with Crippen molar-refractivity contribution in [3.8, 4) is 5.75 Å². The molecule has 2 rings (SSSR count). The van der Waals surface area contributed by atoms with E-state index in [4.69, 9.17) is 28.6 Å². The average molecular weight is 315 g/mol. The summed E-state index contributed by atoms with van der Waals surface area (Å²) in [6, 6.07) is 5.24. The van der Waals surface area contributed by atoms with Gasteiger partial charge in [-0.2, -0.15) is 10.1 Å². The van der Waals surface area contributed by atoms with Crippen LogP contribution in [0.15, 0.2) is 23.3 Å². The van der Waals surface area contributed by atoms with E-state index >= 15 is 0 Å². The molecular formula is C12H11ClN2O2S2. The lowest BCUT2D eigenvalue weighted by Gasteiger charge is -2.09. The Morgan fingerprint density at radius 3 is 3.05 bits per heavy atom. The van der Waals surface area contributed by atoms with Gasteiger partial charge in [-0.3, -0.25) is 4.79 Å². The van der Waals surface area contributed by atoms with Gasteiger partial charge in [0.05, 0.1) is 18.6 Å². The Labute approximate surface area is 125 Å². The van der Waals surface area contributed by atoms with Crippen LogP contribution in [0, 0.1) is 0 Å². The van der Waals surface area contributed by atoms with Crippen LogP contribution in [0.2, 0.25) is 5.02 Å². The summed E-state index contributed by atoms with van der Waals surface area (Å²) >= 11 is 12.3. The number of halogens is 1. The van der Waals surface area contributed by atoms with E-state index in [0.29, 0.717) is 33.0 Å². The first-order chi connectivity index (χ1) is 9.11. The summed E-state index contributed by atoms with van der Waals surface area (Å²) in [5.74, 6) is 0.886. The maximum absolute atomic E-state index is 11.5. The summed E-state index contributed by atoms with van der Waals surface area (Å²) in [5.41, 5.74) is 0.710. The molecule has 1 heterocycles. The SMILES string of the molecule is CCOc1ccc(Cl)cc1/C=N/N1C(=O)CSC1=S. The molecule has 0 atom stereocenters. The highest BCUT2D eigenvalue weighted by molar-refractivity contribution is 8.23. The number of nitrogens with zero attached hydrogens (tertiary/aromatic N) is 2. The van der Waals surface area contributed by atoms with Crippen molar-refractivity contribution in [2.75, 3.05) is 12.4 Å². The highest BCUT2D eigenvalue weighted by atomic mass is 35.5. The molecule has 1 aromatic carbocycles. The summed E-state index contributed by atoms with van der Waals surface area (Å²) < 4.78 is 5.93. The van der Waals surface area contributed by atoms with Gasteiger partial charge in [0.2, 0.25) is 0 Å². The average Bonchev–Trinajstić information content (AvgIpc) is 2.70. The summed E-state index contributed by atoms with van der Waals surface area (Å²) in [4.78, 5) is 11.5. The molecule has 0 radical (unpaired) electrons. The molecule has 1 saturated heterocycles. The van der Waals surface area contributed by atoms with Crippen LogP contribution in [0.3, 0.4) is 0 Å². The predicted octanol–water partition coefficient (Wildman–Crippen LogP) is 2.93. The van der Waals surface area contributed by atoms with Crippen molar-refractivity contribution >= 4 is 52.0 Å². The smallest absolute Gasteiger partial charge is 0.259 e. The topological polar surface area (TPSA) is 41.9 Å². The largest absolute Gasteiger partial charge is 0.493 e. The first-order valence-corrected chi connectivity index (χ1v) is 7.35. The van der Waals surface area contributed by atoms with Gasteiger partial charge in [-0.15, -0.1) is 0 Å². The molecule has 0 N–H and O–H groups in total. The molecule has 100 valence electrons. The number of thiocarbonyl (C=S) groups is 1. The van der Waals surface area contributed by atoms with Gasteiger partial charge >= 0.3 is 0 Å². The van der Waals surface area contributed by atoms with Crippen molar-refractivity contribution in [2.24, 2.45) is 5.10 Å². The lowest BCUT2D eigenvalue weighted by Crippen LogP contribution is -2.22. The quantitative estimate of drug-likeness (QED) is 0.633. The molecule has 19 heavy (non-hydrogen) atoms. The third kappa shape index (κ3) is 3.46. The van der Waals surface area contributed by atoms with E-state index in [2.05, 4.69) is 5.10 Å². The second-order valence-corrected chi connectivity index (χ2v) is 5.67. The van der Waals surface area contributed by atoms with Crippen molar-refractivity contribution in [1.82, 2.24) is 5.01 Å². The standard InChI is InChI=1S/C12H11ClN2O2S2/c1-2-17-10-4-3-9(13)5-8(10)6-14-15-11(16)7-19-12(15)18/h3-6H,2,7H2,1H3/b14-6+. The van der Waals surface area contributed by atoms with Crippen molar-refractivity contribution in [2.45, 2.75) is 6.92 Å². The molecule has 7 heteroatoms. The fourth-order valence-electron chi connectivity index (χ4n) is 1.49. The zero-order valence-electron chi connectivity index (χ0n) is 10.1. The van der Waals surface area contributed by atoms with Crippen LogP contribution in [-0.2, 0) is 4.79 Å². The second kappa shape index (κ2) is 6.36. The number of carbonyl (C=O) groups is 1. The highest BCUT2D eigenvalue weighted by Crippen LogP contribution is 2.23. The number of benzene rings is 1. The predicted molar refractivity (Wildman–Crippen MR) is 82.1 cm³/mol. The number of rotatable bonds is 4. The van der Waals surface area contributed by atoms with E-state index < -0.39 is 0 Å². The molecule has 0 bridgehead atoms. The Bertz CT molecular complexity index is 533. The summed E-state index contributed by atoms with van der Waals surface area (Å²) in [6.45, 7) is 2.44. The van der Waals surface area contributed by atoms with Gasteiger partial charge in [0, 0.05) is 10.6 Å². The molecule has 1 fully saturated rings. The van der Waals surface area contributed by atoms with Crippen LogP contribution >= 0.6 is 35.6 Å². The number of ether oxygens (including phenoxy) is 1. The summed E-state index contributed by atoms with van der Waals surface area (Å²) in [5, 5.41) is 5.89. The van der Waals surface area contributed by atoms with Crippen LogP contribution in [0.4, 0.5) is 0 Å². The fraction of sp³-hybridized carbons (Fsp3) is 0.250. The molecule has 0 spiro atoms. The zero-order chi connectivity index (χ0) is 13.8. The Kier molecular flexibility index (Phi) is 4.79. The monoisotopic (exact) mass is 314 g/mol. The molecule has 1 aromatic rings. The lowest BCUT2D eigenvalue weighted by atomic mass is 10.2.